The SMILES string of the molecule is CCOC(=O)c1ccnc(NC(=O)c2cccc(OC)c2)c1. The smallest absolute Gasteiger partial charge is 0.338 e. The van der Waals surface area contributed by atoms with E-state index in [1.165, 1.54) is 25.4 Å². The van der Waals surface area contributed by atoms with Gasteiger partial charge in [-0.1, -0.05) is 6.07 Å². The van der Waals surface area contributed by atoms with Crippen LogP contribution in [0.4, 0.5) is 5.82 Å². The van der Waals surface area contributed by atoms with Gasteiger partial charge >= 0.3 is 5.97 Å². The van der Waals surface area contributed by atoms with Crippen LogP contribution in [-0.2, 0) is 4.74 Å². The van der Waals surface area contributed by atoms with E-state index in [1.807, 2.05) is 0 Å². The normalized spacial score (nSPS) is 9.91. The van der Waals surface area contributed by atoms with Gasteiger partial charge in [0.2, 0.25) is 0 Å². The molecule has 0 aliphatic heterocycles. The number of carbonyl (C=O) groups excluding carboxylic acids is 2. The van der Waals surface area contributed by atoms with Crippen LogP contribution in [0.3, 0.4) is 0 Å². The van der Waals surface area contributed by atoms with E-state index in [-0.39, 0.29) is 18.3 Å². The zero-order valence-corrected chi connectivity index (χ0v) is 12.3. The first-order chi connectivity index (χ1) is 10.6. The first-order valence-corrected chi connectivity index (χ1v) is 6.72. The van der Waals surface area contributed by atoms with Gasteiger partial charge in [-0.15, -0.1) is 0 Å². The van der Waals surface area contributed by atoms with E-state index in [0.717, 1.165) is 0 Å². The predicted octanol–water partition coefficient (Wildman–Crippen LogP) is 2.52. The average Bonchev–Trinajstić information content (AvgIpc) is 2.55. The highest BCUT2D eigenvalue weighted by molar-refractivity contribution is 6.04. The monoisotopic (exact) mass is 300 g/mol. The van der Waals surface area contributed by atoms with Gasteiger partial charge in [-0.2, -0.15) is 0 Å². The van der Waals surface area contributed by atoms with Gasteiger partial charge in [0.25, 0.3) is 5.91 Å². The summed E-state index contributed by atoms with van der Waals surface area (Å²) in [5, 5.41) is 2.63. The molecule has 1 N–H and O–H groups in total. The second-order valence-electron chi connectivity index (χ2n) is 4.34. The zero-order chi connectivity index (χ0) is 15.9. The molecule has 0 radical (unpaired) electrons. The summed E-state index contributed by atoms with van der Waals surface area (Å²) in [6.07, 6.45) is 1.44. The minimum atomic E-state index is -0.457. The highest BCUT2D eigenvalue weighted by Gasteiger charge is 2.11. The third kappa shape index (κ3) is 3.82. The number of hydrogen-bond acceptors (Lipinski definition) is 5. The van der Waals surface area contributed by atoms with Crippen LogP contribution in [-0.4, -0.2) is 30.6 Å². The highest BCUT2D eigenvalue weighted by Crippen LogP contribution is 2.15. The molecule has 22 heavy (non-hydrogen) atoms. The van der Waals surface area contributed by atoms with Crippen molar-refractivity contribution in [1.29, 1.82) is 0 Å². The number of aromatic nitrogens is 1. The Morgan fingerprint density at radius 3 is 2.73 bits per heavy atom. The topological polar surface area (TPSA) is 77.5 Å². The molecule has 0 spiro atoms. The second-order valence-corrected chi connectivity index (χ2v) is 4.34. The molecule has 6 nitrogen and oxygen atoms in total. The number of carbonyl (C=O) groups is 2. The van der Waals surface area contributed by atoms with E-state index >= 15 is 0 Å². The summed E-state index contributed by atoms with van der Waals surface area (Å²) in [7, 11) is 1.53. The molecule has 114 valence electrons. The van der Waals surface area contributed by atoms with Crippen LogP contribution in [0.1, 0.15) is 27.6 Å². The van der Waals surface area contributed by atoms with Crippen LogP contribution < -0.4 is 10.1 Å². The Kier molecular flexibility index (Phi) is 5.08. The molecule has 1 aromatic carbocycles. The van der Waals surface area contributed by atoms with E-state index in [9.17, 15) is 9.59 Å². The summed E-state index contributed by atoms with van der Waals surface area (Å²) in [6, 6.07) is 9.74. The maximum absolute atomic E-state index is 12.2. The van der Waals surface area contributed by atoms with Gasteiger partial charge in [0, 0.05) is 11.8 Å². The van der Waals surface area contributed by atoms with Crippen LogP contribution in [0.2, 0.25) is 0 Å². The third-order valence-electron chi connectivity index (χ3n) is 2.84. The summed E-state index contributed by atoms with van der Waals surface area (Å²) in [5.74, 6) is 0.0634. The van der Waals surface area contributed by atoms with E-state index in [2.05, 4.69) is 10.3 Å². The molecule has 0 aliphatic carbocycles. The maximum Gasteiger partial charge on any atom is 0.338 e. The standard InChI is InChI=1S/C16H16N2O4/c1-3-22-16(20)12-7-8-17-14(10-12)18-15(19)11-5-4-6-13(9-11)21-2/h4-10H,3H2,1-2H3,(H,17,18,19). The fraction of sp³-hybridized carbons (Fsp3) is 0.188. The average molecular weight is 300 g/mol. The Morgan fingerprint density at radius 1 is 1.18 bits per heavy atom. The molecule has 0 fully saturated rings. The summed E-state index contributed by atoms with van der Waals surface area (Å²) >= 11 is 0. The minimum Gasteiger partial charge on any atom is -0.497 e. The van der Waals surface area contributed by atoms with Crippen molar-refractivity contribution in [2.24, 2.45) is 0 Å². The number of esters is 1. The molecule has 0 bridgehead atoms. The van der Waals surface area contributed by atoms with Gasteiger partial charge in [-0.05, 0) is 37.3 Å². The Hall–Kier alpha value is -2.89. The maximum atomic E-state index is 12.2. The van der Waals surface area contributed by atoms with Gasteiger partial charge in [-0.3, -0.25) is 4.79 Å². The molecular weight excluding hydrogens is 284 g/mol. The quantitative estimate of drug-likeness (QED) is 0.858. The van der Waals surface area contributed by atoms with Crippen molar-refractivity contribution in [2.45, 2.75) is 6.92 Å². The molecule has 0 atom stereocenters. The molecule has 6 heteroatoms. The lowest BCUT2D eigenvalue weighted by molar-refractivity contribution is 0.0526. The van der Waals surface area contributed by atoms with Crippen LogP contribution in [0.25, 0.3) is 0 Å². The first kappa shape index (κ1) is 15.5. The van der Waals surface area contributed by atoms with E-state index < -0.39 is 5.97 Å². The van der Waals surface area contributed by atoms with Crippen LogP contribution >= 0.6 is 0 Å². The van der Waals surface area contributed by atoms with Crippen molar-refractivity contribution in [3.8, 4) is 5.75 Å². The number of nitrogens with one attached hydrogen (secondary N) is 1. The minimum absolute atomic E-state index is 0.276. The molecule has 0 saturated heterocycles. The Balaban J connectivity index is 2.14. The van der Waals surface area contributed by atoms with Gasteiger partial charge in [-0.25, -0.2) is 9.78 Å². The number of ether oxygens (including phenoxy) is 2. The molecule has 0 aliphatic rings. The van der Waals surface area contributed by atoms with Crippen LogP contribution in [0.5, 0.6) is 5.75 Å². The van der Waals surface area contributed by atoms with Gasteiger partial charge in [0.15, 0.2) is 0 Å². The number of rotatable bonds is 5. The number of pyridine rings is 1. The van der Waals surface area contributed by atoms with E-state index in [4.69, 9.17) is 9.47 Å². The summed E-state index contributed by atoms with van der Waals surface area (Å²) in [6.45, 7) is 2.01. The third-order valence-corrected chi connectivity index (χ3v) is 2.84. The highest BCUT2D eigenvalue weighted by atomic mass is 16.5. The second kappa shape index (κ2) is 7.21. The first-order valence-electron chi connectivity index (χ1n) is 6.72. The molecule has 2 aromatic rings. The summed E-state index contributed by atoms with van der Waals surface area (Å²) in [4.78, 5) is 27.8. The molecule has 2 rings (SSSR count). The fourth-order valence-electron chi connectivity index (χ4n) is 1.79. The lowest BCUT2D eigenvalue weighted by atomic mass is 10.2. The number of amides is 1. The van der Waals surface area contributed by atoms with Crippen molar-refractivity contribution >= 4 is 17.7 Å². The van der Waals surface area contributed by atoms with Crippen molar-refractivity contribution in [3.63, 3.8) is 0 Å². The molecule has 0 unspecified atom stereocenters. The lowest BCUT2D eigenvalue weighted by Crippen LogP contribution is -2.14. The lowest BCUT2D eigenvalue weighted by Gasteiger charge is -2.07. The van der Waals surface area contributed by atoms with Crippen molar-refractivity contribution in [3.05, 3.63) is 53.7 Å². The Bertz CT molecular complexity index is 685. The summed E-state index contributed by atoms with van der Waals surface area (Å²) < 4.78 is 9.98. The van der Waals surface area contributed by atoms with E-state index in [1.54, 1.807) is 31.2 Å². The van der Waals surface area contributed by atoms with Gasteiger partial charge < -0.3 is 14.8 Å². The van der Waals surface area contributed by atoms with Crippen molar-refractivity contribution in [1.82, 2.24) is 4.98 Å². The number of nitrogens with zero attached hydrogens (tertiary/aromatic N) is 1. The van der Waals surface area contributed by atoms with Crippen molar-refractivity contribution in [2.75, 3.05) is 19.0 Å². The number of anilines is 1. The molecule has 1 aromatic heterocycles. The van der Waals surface area contributed by atoms with Crippen LogP contribution in [0.15, 0.2) is 42.6 Å². The van der Waals surface area contributed by atoms with Crippen LogP contribution in [0, 0.1) is 0 Å². The Labute approximate surface area is 128 Å². The van der Waals surface area contributed by atoms with E-state index in [0.29, 0.717) is 16.9 Å². The Morgan fingerprint density at radius 2 is 2.00 bits per heavy atom. The van der Waals surface area contributed by atoms with Gasteiger partial charge in [0.05, 0.1) is 19.3 Å². The predicted molar refractivity (Wildman–Crippen MR) is 81.1 cm³/mol. The zero-order valence-electron chi connectivity index (χ0n) is 12.3. The number of benzene rings is 1. The number of methoxy groups -OCH3 is 1. The van der Waals surface area contributed by atoms with Crippen molar-refractivity contribution < 1.29 is 19.1 Å². The molecule has 0 saturated carbocycles. The fourth-order valence-corrected chi connectivity index (χ4v) is 1.79. The largest absolute Gasteiger partial charge is 0.497 e. The molecule has 1 amide bonds. The molecule has 1 heterocycles. The molecular formula is C16H16N2O4. The summed E-state index contributed by atoms with van der Waals surface area (Å²) in [5.41, 5.74) is 0.764. The van der Waals surface area contributed by atoms with Gasteiger partial charge in [0.1, 0.15) is 11.6 Å². The number of hydrogen-bond donors (Lipinski definition) is 1.